The highest BCUT2D eigenvalue weighted by atomic mass is 32.2. The largest absolute Gasteiger partial charge is 0.496 e. The predicted molar refractivity (Wildman–Crippen MR) is 130 cm³/mol. The smallest absolute Gasteiger partial charge is 0.243 e. The average Bonchev–Trinajstić information content (AvgIpc) is 2.79. The Labute approximate surface area is 196 Å². The molecule has 0 saturated carbocycles. The standard InChI is InChI=1S/C26H30N2O4S/c1-19-12-14-23(15-13-19)33(30,31)28(17-22-9-7-8-20(2)16-22)18-26(29)27-21(3)24-10-5-6-11-25(24)32-4/h5-16,21H,17-18H2,1-4H3,(H,27,29)/t21-/m0/s1. The van der Waals surface area contributed by atoms with Gasteiger partial charge < -0.3 is 10.1 Å². The van der Waals surface area contributed by atoms with Crippen LogP contribution in [0.5, 0.6) is 5.75 Å². The lowest BCUT2D eigenvalue weighted by Gasteiger charge is -2.24. The summed E-state index contributed by atoms with van der Waals surface area (Å²) in [5.74, 6) is 0.269. The highest BCUT2D eigenvalue weighted by molar-refractivity contribution is 7.89. The number of nitrogens with one attached hydrogen (secondary N) is 1. The number of hydrogen-bond acceptors (Lipinski definition) is 4. The Morgan fingerprint density at radius 1 is 0.970 bits per heavy atom. The number of nitrogens with zero attached hydrogens (tertiary/aromatic N) is 1. The van der Waals surface area contributed by atoms with Crippen LogP contribution < -0.4 is 10.1 Å². The second kappa shape index (κ2) is 10.6. The lowest BCUT2D eigenvalue weighted by atomic mass is 10.1. The summed E-state index contributed by atoms with van der Waals surface area (Å²) in [6.07, 6.45) is 0. The Bertz CT molecular complexity index is 1210. The number of benzene rings is 3. The molecule has 0 bridgehead atoms. The Balaban J connectivity index is 1.85. The van der Waals surface area contributed by atoms with Gasteiger partial charge in [-0.2, -0.15) is 4.31 Å². The Morgan fingerprint density at radius 3 is 2.33 bits per heavy atom. The van der Waals surface area contributed by atoms with E-state index in [9.17, 15) is 13.2 Å². The van der Waals surface area contributed by atoms with Crippen LogP contribution in [0.3, 0.4) is 0 Å². The van der Waals surface area contributed by atoms with E-state index in [4.69, 9.17) is 4.74 Å². The number of carbonyl (C=O) groups is 1. The molecule has 0 saturated heterocycles. The van der Waals surface area contributed by atoms with Crippen molar-refractivity contribution in [3.05, 3.63) is 95.1 Å². The molecule has 7 heteroatoms. The summed E-state index contributed by atoms with van der Waals surface area (Å²) < 4.78 is 33.5. The highest BCUT2D eigenvalue weighted by Crippen LogP contribution is 2.25. The van der Waals surface area contributed by atoms with Crippen molar-refractivity contribution in [1.29, 1.82) is 0 Å². The fraction of sp³-hybridized carbons (Fsp3) is 0.269. The summed E-state index contributed by atoms with van der Waals surface area (Å²) in [6.45, 7) is 5.48. The van der Waals surface area contributed by atoms with Crippen molar-refractivity contribution in [2.24, 2.45) is 0 Å². The average molecular weight is 467 g/mol. The molecule has 3 aromatic rings. The van der Waals surface area contributed by atoms with Crippen molar-refractivity contribution < 1.29 is 17.9 Å². The van der Waals surface area contributed by atoms with Gasteiger partial charge in [0.25, 0.3) is 0 Å². The van der Waals surface area contributed by atoms with E-state index in [0.717, 1.165) is 22.3 Å². The summed E-state index contributed by atoms with van der Waals surface area (Å²) in [5.41, 5.74) is 3.62. The zero-order valence-electron chi connectivity index (χ0n) is 19.4. The molecule has 174 valence electrons. The van der Waals surface area contributed by atoms with Gasteiger partial charge in [0.2, 0.25) is 15.9 Å². The summed E-state index contributed by atoms with van der Waals surface area (Å²) >= 11 is 0. The van der Waals surface area contributed by atoms with Gasteiger partial charge in [0.1, 0.15) is 5.75 Å². The first kappa shape index (κ1) is 24.5. The minimum atomic E-state index is -3.89. The third kappa shape index (κ3) is 6.21. The van der Waals surface area contributed by atoms with Gasteiger partial charge in [0.15, 0.2) is 0 Å². The van der Waals surface area contributed by atoms with Crippen molar-refractivity contribution in [2.45, 2.75) is 38.3 Å². The van der Waals surface area contributed by atoms with Crippen molar-refractivity contribution in [3.8, 4) is 5.75 Å². The van der Waals surface area contributed by atoms with E-state index >= 15 is 0 Å². The fourth-order valence-electron chi connectivity index (χ4n) is 3.65. The van der Waals surface area contributed by atoms with E-state index in [-0.39, 0.29) is 24.0 Å². The maximum absolute atomic E-state index is 13.5. The number of para-hydroxylation sites is 1. The fourth-order valence-corrected chi connectivity index (χ4v) is 5.03. The molecule has 6 nitrogen and oxygen atoms in total. The molecular weight excluding hydrogens is 436 g/mol. The zero-order valence-corrected chi connectivity index (χ0v) is 20.2. The SMILES string of the molecule is COc1ccccc1[C@H](C)NC(=O)CN(Cc1cccc(C)c1)S(=O)(=O)c1ccc(C)cc1. The highest BCUT2D eigenvalue weighted by Gasteiger charge is 2.27. The first-order valence-corrected chi connectivity index (χ1v) is 12.2. The number of methoxy groups -OCH3 is 1. The number of hydrogen-bond donors (Lipinski definition) is 1. The molecule has 0 aliphatic carbocycles. The van der Waals surface area contributed by atoms with Crippen LogP contribution in [0.4, 0.5) is 0 Å². The minimum Gasteiger partial charge on any atom is -0.496 e. The van der Waals surface area contributed by atoms with Crippen molar-refractivity contribution in [1.82, 2.24) is 9.62 Å². The van der Waals surface area contributed by atoms with Crippen molar-refractivity contribution in [2.75, 3.05) is 13.7 Å². The van der Waals surface area contributed by atoms with Crippen LogP contribution in [-0.4, -0.2) is 32.3 Å². The van der Waals surface area contributed by atoms with Crippen LogP contribution in [0.1, 0.15) is 35.2 Å². The lowest BCUT2D eigenvalue weighted by Crippen LogP contribution is -2.41. The molecule has 0 unspecified atom stereocenters. The number of ether oxygens (including phenoxy) is 1. The first-order chi connectivity index (χ1) is 15.7. The number of amides is 1. The number of sulfonamides is 1. The molecular formula is C26H30N2O4S. The van der Waals surface area contributed by atoms with E-state index in [0.29, 0.717) is 5.75 Å². The van der Waals surface area contributed by atoms with Gasteiger partial charge in [-0.1, -0.05) is 65.7 Å². The van der Waals surface area contributed by atoms with Gasteiger partial charge >= 0.3 is 0 Å². The van der Waals surface area contributed by atoms with Crippen molar-refractivity contribution in [3.63, 3.8) is 0 Å². The quantitative estimate of drug-likeness (QED) is 0.508. The molecule has 0 aliphatic heterocycles. The van der Waals surface area contributed by atoms with Crippen LogP contribution in [0.15, 0.2) is 77.7 Å². The van der Waals surface area contributed by atoms with E-state index in [2.05, 4.69) is 5.32 Å². The van der Waals surface area contributed by atoms with E-state index in [1.807, 2.05) is 69.3 Å². The Morgan fingerprint density at radius 2 is 1.67 bits per heavy atom. The Hall–Kier alpha value is -3.16. The number of rotatable bonds is 9. The Kier molecular flexibility index (Phi) is 7.89. The summed E-state index contributed by atoms with van der Waals surface area (Å²) in [6, 6.07) is 21.3. The van der Waals surface area contributed by atoms with Crippen LogP contribution >= 0.6 is 0 Å². The second-order valence-corrected chi connectivity index (χ2v) is 10.0. The van der Waals surface area contributed by atoms with Crippen LogP contribution in [0.2, 0.25) is 0 Å². The van der Waals surface area contributed by atoms with Crippen LogP contribution in [0, 0.1) is 13.8 Å². The molecule has 0 fully saturated rings. The summed E-state index contributed by atoms with van der Waals surface area (Å²) in [4.78, 5) is 13.1. The molecule has 1 atom stereocenters. The van der Waals surface area contributed by atoms with E-state index < -0.39 is 15.9 Å². The molecule has 1 N–H and O–H groups in total. The molecule has 0 aromatic heterocycles. The first-order valence-electron chi connectivity index (χ1n) is 10.8. The van der Waals surface area contributed by atoms with Crippen LogP contribution in [-0.2, 0) is 21.4 Å². The second-order valence-electron chi connectivity index (χ2n) is 8.11. The topological polar surface area (TPSA) is 75.7 Å². The third-order valence-electron chi connectivity index (χ3n) is 5.40. The zero-order chi connectivity index (χ0) is 24.0. The maximum atomic E-state index is 13.5. The third-order valence-corrected chi connectivity index (χ3v) is 7.21. The van der Waals surface area contributed by atoms with Crippen LogP contribution in [0.25, 0.3) is 0 Å². The molecule has 33 heavy (non-hydrogen) atoms. The predicted octanol–water partition coefficient (Wildman–Crippen LogP) is 4.38. The van der Waals surface area contributed by atoms with Gasteiger partial charge in [0, 0.05) is 12.1 Å². The molecule has 0 aliphatic rings. The van der Waals surface area contributed by atoms with Gasteiger partial charge in [0.05, 0.1) is 24.6 Å². The molecule has 0 radical (unpaired) electrons. The number of carbonyl (C=O) groups excluding carboxylic acids is 1. The van der Waals surface area contributed by atoms with E-state index in [1.165, 1.54) is 4.31 Å². The summed E-state index contributed by atoms with van der Waals surface area (Å²) in [5, 5.41) is 2.91. The van der Waals surface area contributed by atoms with Gasteiger partial charge in [-0.15, -0.1) is 0 Å². The van der Waals surface area contributed by atoms with Crippen molar-refractivity contribution >= 4 is 15.9 Å². The van der Waals surface area contributed by atoms with Gasteiger partial charge in [-0.3, -0.25) is 4.79 Å². The molecule has 0 heterocycles. The maximum Gasteiger partial charge on any atom is 0.243 e. The van der Waals surface area contributed by atoms with Gasteiger partial charge in [-0.05, 0) is 44.5 Å². The van der Waals surface area contributed by atoms with Gasteiger partial charge in [-0.25, -0.2) is 8.42 Å². The lowest BCUT2D eigenvalue weighted by molar-refractivity contribution is -0.122. The summed E-state index contributed by atoms with van der Waals surface area (Å²) in [7, 11) is -2.31. The molecule has 3 rings (SSSR count). The monoisotopic (exact) mass is 466 g/mol. The molecule has 1 amide bonds. The normalized spacial score (nSPS) is 12.4. The minimum absolute atomic E-state index is 0.0916. The number of aryl methyl sites for hydroxylation is 2. The molecule has 0 spiro atoms. The van der Waals surface area contributed by atoms with E-state index in [1.54, 1.807) is 31.4 Å². The molecule has 3 aromatic carbocycles.